The Bertz CT molecular complexity index is 1210. The summed E-state index contributed by atoms with van der Waals surface area (Å²) in [5, 5.41) is 0. The zero-order chi connectivity index (χ0) is 26.6. The molecule has 14 heteroatoms. The van der Waals surface area contributed by atoms with Crippen molar-refractivity contribution in [3.8, 4) is 0 Å². The minimum Gasteiger partial charge on any atom is -0.748 e. The average Bonchev–Trinajstić information content (AvgIpc) is 2.82. The summed E-state index contributed by atoms with van der Waals surface area (Å²) in [6, 6.07) is 18.2. The SMILES string of the molecule is O=C(OCCCS(=O)(=O)[O-])C(=CC=C(c1ccccc1)c1ccccc1)C(=O)OCCCS(=O)(=O)[O-].[Na+].[Na+]. The normalized spacial score (nSPS) is 10.7. The maximum absolute atomic E-state index is 12.6. The van der Waals surface area contributed by atoms with Crippen LogP contribution >= 0.6 is 0 Å². The summed E-state index contributed by atoms with van der Waals surface area (Å²) in [6.07, 6.45) is 2.15. The van der Waals surface area contributed by atoms with E-state index in [0.29, 0.717) is 5.57 Å². The van der Waals surface area contributed by atoms with Crippen LogP contribution < -0.4 is 59.1 Å². The Kier molecular flexibility index (Phi) is 17.5. The van der Waals surface area contributed by atoms with Gasteiger partial charge in [0.2, 0.25) is 0 Å². The number of hydrogen-bond acceptors (Lipinski definition) is 10. The van der Waals surface area contributed by atoms with E-state index in [1.807, 2.05) is 60.7 Å². The summed E-state index contributed by atoms with van der Waals surface area (Å²) in [4.78, 5) is 25.2. The van der Waals surface area contributed by atoms with Crippen LogP contribution in [0.4, 0.5) is 0 Å². The molecule has 0 saturated heterocycles. The van der Waals surface area contributed by atoms with Crippen LogP contribution in [-0.2, 0) is 39.3 Å². The first kappa shape index (κ1) is 36.7. The first-order chi connectivity index (χ1) is 17.0. The molecule has 2 rings (SSSR count). The van der Waals surface area contributed by atoms with Crippen molar-refractivity contribution in [2.24, 2.45) is 0 Å². The van der Waals surface area contributed by atoms with Crippen molar-refractivity contribution >= 4 is 37.7 Å². The van der Waals surface area contributed by atoms with Gasteiger partial charge in [0.15, 0.2) is 0 Å². The Balaban J connectivity index is 0.00000684. The van der Waals surface area contributed by atoms with Crippen LogP contribution in [0.3, 0.4) is 0 Å². The van der Waals surface area contributed by atoms with Crippen LogP contribution in [-0.4, -0.2) is 62.6 Å². The maximum Gasteiger partial charge on any atom is 1.00 e. The predicted octanol–water partition coefficient (Wildman–Crippen LogP) is -3.99. The van der Waals surface area contributed by atoms with E-state index in [-0.39, 0.29) is 72.0 Å². The van der Waals surface area contributed by atoms with Gasteiger partial charge < -0.3 is 18.6 Å². The van der Waals surface area contributed by atoms with Gasteiger partial charge in [0.25, 0.3) is 0 Å². The molecule has 194 valence electrons. The first-order valence-electron chi connectivity index (χ1n) is 10.7. The molecule has 0 N–H and O–H groups in total. The molecule has 0 unspecified atom stereocenters. The van der Waals surface area contributed by atoms with Crippen molar-refractivity contribution in [2.75, 3.05) is 24.7 Å². The minimum absolute atomic E-state index is 0. The zero-order valence-corrected chi connectivity index (χ0v) is 26.7. The molecule has 0 spiro atoms. The van der Waals surface area contributed by atoms with E-state index in [2.05, 4.69) is 0 Å². The van der Waals surface area contributed by atoms with Crippen molar-refractivity contribution in [3.63, 3.8) is 0 Å². The third-order valence-electron chi connectivity index (χ3n) is 4.57. The summed E-state index contributed by atoms with van der Waals surface area (Å²) in [6.45, 7) is -0.874. The van der Waals surface area contributed by atoms with Crippen molar-refractivity contribution in [1.29, 1.82) is 0 Å². The van der Waals surface area contributed by atoms with Gasteiger partial charge in [-0.25, -0.2) is 26.4 Å². The number of ether oxygens (including phenoxy) is 2. The molecule has 0 amide bonds. The Morgan fingerprint density at radius 2 is 1.03 bits per heavy atom. The second kappa shape index (κ2) is 18.1. The maximum atomic E-state index is 12.6. The van der Waals surface area contributed by atoms with Crippen LogP contribution in [0.2, 0.25) is 0 Å². The largest absolute Gasteiger partial charge is 1.00 e. The van der Waals surface area contributed by atoms with E-state index in [1.54, 1.807) is 0 Å². The van der Waals surface area contributed by atoms with E-state index in [0.717, 1.165) is 11.1 Å². The van der Waals surface area contributed by atoms with Crippen LogP contribution in [0, 0.1) is 0 Å². The molecule has 0 atom stereocenters. The van der Waals surface area contributed by atoms with E-state index in [1.165, 1.54) is 12.2 Å². The first-order valence-corrected chi connectivity index (χ1v) is 13.9. The summed E-state index contributed by atoms with van der Waals surface area (Å²) in [7, 11) is -9.00. The van der Waals surface area contributed by atoms with Crippen LogP contribution in [0.15, 0.2) is 78.4 Å². The number of benzene rings is 2. The molecule has 38 heavy (non-hydrogen) atoms. The van der Waals surface area contributed by atoms with E-state index in [9.17, 15) is 35.5 Å². The molecular formula is C24H24Na2O10S2. The van der Waals surface area contributed by atoms with Gasteiger partial charge >= 0.3 is 71.1 Å². The molecule has 0 saturated carbocycles. The van der Waals surface area contributed by atoms with Gasteiger partial charge in [-0.2, -0.15) is 0 Å². The van der Waals surface area contributed by atoms with Crippen LogP contribution in [0.25, 0.3) is 5.57 Å². The van der Waals surface area contributed by atoms with E-state index >= 15 is 0 Å². The average molecular weight is 583 g/mol. The number of esters is 2. The molecule has 2 aromatic rings. The smallest absolute Gasteiger partial charge is 0.748 e. The minimum atomic E-state index is -4.50. The number of rotatable bonds is 13. The summed E-state index contributed by atoms with van der Waals surface area (Å²) in [5.74, 6) is -3.76. The van der Waals surface area contributed by atoms with Crippen LogP contribution in [0.1, 0.15) is 24.0 Å². The van der Waals surface area contributed by atoms with Gasteiger partial charge in [0, 0.05) is 11.5 Å². The van der Waals surface area contributed by atoms with Gasteiger partial charge in [-0.05, 0) is 35.6 Å². The fraction of sp³-hybridized carbons (Fsp3) is 0.250. The van der Waals surface area contributed by atoms with Crippen molar-refractivity contribution in [1.82, 2.24) is 0 Å². The molecule has 0 heterocycles. The molecule has 0 aliphatic rings. The van der Waals surface area contributed by atoms with E-state index in [4.69, 9.17) is 9.47 Å². The molecule has 0 radical (unpaired) electrons. The fourth-order valence-corrected chi connectivity index (χ4v) is 3.88. The van der Waals surface area contributed by atoms with Gasteiger partial charge in [-0.1, -0.05) is 66.7 Å². The Morgan fingerprint density at radius 1 is 0.658 bits per heavy atom. The summed E-state index contributed by atoms with van der Waals surface area (Å²) >= 11 is 0. The third kappa shape index (κ3) is 14.7. The Hall–Kier alpha value is -1.32. The number of hydrogen-bond donors (Lipinski definition) is 0. The van der Waals surface area contributed by atoms with E-state index < -0.39 is 62.5 Å². The Labute approximate surface area is 266 Å². The monoisotopic (exact) mass is 582 g/mol. The quantitative estimate of drug-likeness (QED) is 0.0332. The molecule has 0 fully saturated rings. The molecule has 0 bridgehead atoms. The summed E-state index contributed by atoms with van der Waals surface area (Å²) in [5.41, 5.74) is 1.67. The molecule has 2 aromatic carbocycles. The van der Waals surface area contributed by atoms with Gasteiger partial charge in [0.1, 0.15) is 5.57 Å². The molecule has 0 aromatic heterocycles. The predicted molar refractivity (Wildman–Crippen MR) is 128 cm³/mol. The third-order valence-corrected chi connectivity index (χ3v) is 6.15. The topological polar surface area (TPSA) is 167 Å². The van der Waals surface area contributed by atoms with Crippen LogP contribution in [0.5, 0.6) is 0 Å². The number of carbonyl (C=O) groups is 2. The number of carbonyl (C=O) groups excluding carboxylic acids is 2. The second-order valence-electron chi connectivity index (χ2n) is 7.40. The fourth-order valence-electron chi connectivity index (χ4n) is 2.94. The summed E-state index contributed by atoms with van der Waals surface area (Å²) < 4.78 is 74.2. The van der Waals surface area contributed by atoms with Gasteiger partial charge in [-0.3, -0.25) is 0 Å². The van der Waals surface area contributed by atoms with Crippen molar-refractivity contribution in [2.45, 2.75) is 12.8 Å². The van der Waals surface area contributed by atoms with Crippen molar-refractivity contribution < 1.29 is 104 Å². The number of allylic oxidation sites excluding steroid dienone is 2. The molecular weight excluding hydrogens is 558 g/mol. The Morgan fingerprint density at radius 3 is 1.37 bits per heavy atom. The second-order valence-corrected chi connectivity index (χ2v) is 10.4. The van der Waals surface area contributed by atoms with Gasteiger partial charge in [-0.15, -0.1) is 0 Å². The molecule has 10 nitrogen and oxygen atoms in total. The molecule has 0 aliphatic heterocycles. The van der Waals surface area contributed by atoms with Crippen molar-refractivity contribution in [3.05, 3.63) is 89.5 Å². The molecule has 0 aliphatic carbocycles. The standard InChI is InChI=1S/C24H26O10S2.2Na/c25-23(33-15-7-17-35(27,28)29)22(24(26)34-16-8-18-36(30,31)32)14-13-21(19-9-3-1-4-10-19)20-11-5-2-6-12-20;;/h1-6,9-14H,7-8,15-18H2,(H,27,28,29)(H,30,31,32);;/q;2*+1/p-2. The zero-order valence-electron chi connectivity index (χ0n) is 21.1. The van der Waals surface area contributed by atoms with Gasteiger partial charge in [0.05, 0.1) is 33.5 Å².